The topological polar surface area (TPSA) is 42.2 Å². The maximum Gasteiger partial charge on any atom is 0.394 e. The summed E-state index contributed by atoms with van der Waals surface area (Å²) >= 11 is 0. The minimum Gasteiger partial charge on any atom is -0.330 e. The molecular formula is C12H18F3N3. The van der Waals surface area contributed by atoms with Gasteiger partial charge in [0.05, 0.1) is 5.92 Å². The van der Waals surface area contributed by atoms with Crippen molar-refractivity contribution in [1.82, 2.24) is 9.88 Å². The van der Waals surface area contributed by atoms with E-state index in [1.807, 2.05) is 6.92 Å². The number of aromatic nitrogens is 1. The quantitative estimate of drug-likeness (QED) is 0.852. The van der Waals surface area contributed by atoms with Crippen molar-refractivity contribution in [3.8, 4) is 0 Å². The first-order valence-electron chi connectivity index (χ1n) is 5.85. The molecule has 1 unspecified atom stereocenters. The van der Waals surface area contributed by atoms with Crippen LogP contribution in [0.1, 0.15) is 12.5 Å². The minimum atomic E-state index is -4.24. The van der Waals surface area contributed by atoms with Gasteiger partial charge in [-0.25, -0.2) is 0 Å². The third-order valence-electron chi connectivity index (χ3n) is 2.83. The number of pyridine rings is 1. The van der Waals surface area contributed by atoms with Gasteiger partial charge in [-0.05, 0) is 24.2 Å². The van der Waals surface area contributed by atoms with Gasteiger partial charge in [0, 0.05) is 32.0 Å². The van der Waals surface area contributed by atoms with Crippen LogP contribution in [-0.2, 0) is 6.54 Å². The second kappa shape index (κ2) is 6.70. The Labute approximate surface area is 105 Å². The molecule has 0 spiro atoms. The van der Waals surface area contributed by atoms with Crippen LogP contribution >= 0.6 is 0 Å². The van der Waals surface area contributed by atoms with Crippen molar-refractivity contribution >= 4 is 0 Å². The molecule has 18 heavy (non-hydrogen) atoms. The highest BCUT2D eigenvalue weighted by molar-refractivity contribution is 5.09. The second-order valence-electron chi connectivity index (χ2n) is 4.16. The van der Waals surface area contributed by atoms with Gasteiger partial charge in [-0.15, -0.1) is 0 Å². The lowest BCUT2D eigenvalue weighted by Crippen LogP contribution is -2.40. The molecule has 1 rings (SSSR count). The van der Waals surface area contributed by atoms with E-state index in [-0.39, 0.29) is 13.1 Å². The average molecular weight is 261 g/mol. The van der Waals surface area contributed by atoms with Gasteiger partial charge >= 0.3 is 6.18 Å². The molecule has 0 aliphatic carbocycles. The van der Waals surface area contributed by atoms with Gasteiger partial charge in [-0.2, -0.15) is 13.2 Å². The molecular weight excluding hydrogens is 243 g/mol. The third-order valence-corrected chi connectivity index (χ3v) is 2.83. The standard InChI is InChI=1S/C12H18F3N3/c1-2-18(8-10-3-5-17-6-4-10)9-11(7-16)12(13,14)15/h3-6,11H,2,7-9,16H2,1H3. The number of halogens is 3. The SMILES string of the molecule is CCN(Cc1ccncc1)CC(CN)C(F)(F)F. The Bertz CT molecular complexity index is 340. The second-order valence-corrected chi connectivity index (χ2v) is 4.16. The summed E-state index contributed by atoms with van der Waals surface area (Å²) in [7, 11) is 0. The number of hydrogen-bond acceptors (Lipinski definition) is 3. The van der Waals surface area contributed by atoms with Crippen molar-refractivity contribution in [3.63, 3.8) is 0 Å². The molecule has 0 radical (unpaired) electrons. The molecule has 1 heterocycles. The van der Waals surface area contributed by atoms with Crippen LogP contribution in [-0.4, -0.2) is 35.7 Å². The lowest BCUT2D eigenvalue weighted by Gasteiger charge is -2.27. The molecule has 0 aliphatic heterocycles. The molecule has 0 bridgehead atoms. The molecule has 0 saturated carbocycles. The van der Waals surface area contributed by atoms with E-state index in [4.69, 9.17) is 5.73 Å². The Morgan fingerprint density at radius 3 is 2.39 bits per heavy atom. The van der Waals surface area contributed by atoms with E-state index in [9.17, 15) is 13.2 Å². The maximum absolute atomic E-state index is 12.6. The molecule has 3 nitrogen and oxygen atoms in total. The van der Waals surface area contributed by atoms with Gasteiger partial charge in [0.25, 0.3) is 0 Å². The van der Waals surface area contributed by atoms with E-state index in [1.165, 1.54) is 0 Å². The average Bonchev–Trinajstić information content (AvgIpc) is 2.34. The Kier molecular flexibility index (Phi) is 5.55. The van der Waals surface area contributed by atoms with Crippen LogP contribution in [0.25, 0.3) is 0 Å². The van der Waals surface area contributed by atoms with E-state index >= 15 is 0 Å². The van der Waals surface area contributed by atoms with Crippen molar-refractivity contribution in [2.75, 3.05) is 19.6 Å². The molecule has 2 N–H and O–H groups in total. The Balaban J connectivity index is 2.62. The van der Waals surface area contributed by atoms with Crippen molar-refractivity contribution in [2.45, 2.75) is 19.6 Å². The predicted octanol–water partition coefficient (Wildman–Crippen LogP) is 2.04. The predicted molar refractivity (Wildman–Crippen MR) is 63.8 cm³/mol. The first kappa shape index (κ1) is 14.9. The zero-order valence-corrected chi connectivity index (χ0v) is 10.3. The summed E-state index contributed by atoms with van der Waals surface area (Å²) in [6, 6.07) is 3.60. The van der Waals surface area contributed by atoms with Crippen molar-refractivity contribution in [3.05, 3.63) is 30.1 Å². The molecule has 1 aromatic rings. The summed E-state index contributed by atoms with van der Waals surface area (Å²) in [4.78, 5) is 5.61. The monoisotopic (exact) mass is 261 g/mol. The lowest BCUT2D eigenvalue weighted by molar-refractivity contribution is -0.176. The Hall–Kier alpha value is -1.14. The Morgan fingerprint density at radius 1 is 1.33 bits per heavy atom. The number of alkyl halides is 3. The van der Waals surface area contributed by atoms with Crippen LogP contribution in [0.15, 0.2) is 24.5 Å². The molecule has 0 aromatic carbocycles. The van der Waals surface area contributed by atoms with E-state index in [0.717, 1.165) is 5.56 Å². The largest absolute Gasteiger partial charge is 0.394 e. The first-order valence-corrected chi connectivity index (χ1v) is 5.85. The van der Waals surface area contributed by atoms with Crippen LogP contribution < -0.4 is 5.73 Å². The maximum atomic E-state index is 12.6. The summed E-state index contributed by atoms with van der Waals surface area (Å²) < 4.78 is 37.9. The van der Waals surface area contributed by atoms with Crippen molar-refractivity contribution in [2.24, 2.45) is 11.7 Å². The van der Waals surface area contributed by atoms with E-state index in [2.05, 4.69) is 4.98 Å². The van der Waals surface area contributed by atoms with Crippen LogP contribution in [0.3, 0.4) is 0 Å². The molecule has 102 valence electrons. The van der Waals surface area contributed by atoms with Crippen LogP contribution in [0, 0.1) is 5.92 Å². The van der Waals surface area contributed by atoms with Gasteiger partial charge in [0.1, 0.15) is 0 Å². The van der Waals surface area contributed by atoms with Crippen LogP contribution in [0.5, 0.6) is 0 Å². The summed E-state index contributed by atoms with van der Waals surface area (Å²) in [6.07, 6.45) is -0.971. The normalized spacial score (nSPS) is 13.9. The van der Waals surface area contributed by atoms with Gasteiger partial charge in [-0.1, -0.05) is 6.92 Å². The highest BCUT2D eigenvalue weighted by atomic mass is 19.4. The molecule has 0 fully saturated rings. The van der Waals surface area contributed by atoms with Gasteiger partial charge < -0.3 is 5.73 Å². The molecule has 6 heteroatoms. The zero-order valence-electron chi connectivity index (χ0n) is 10.3. The van der Waals surface area contributed by atoms with Crippen LogP contribution in [0.2, 0.25) is 0 Å². The highest BCUT2D eigenvalue weighted by Gasteiger charge is 2.39. The summed E-state index contributed by atoms with van der Waals surface area (Å²) in [6.45, 7) is 2.42. The molecule has 1 atom stereocenters. The van der Waals surface area contributed by atoms with E-state index < -0.39 is 12.1 Å². The van der Waals surface area contributed by atoms with Gasteiger partial charge in [0.2, 0.25) is 0 Å². The van der Waals surface area contributed by atoms with E-state index in [1.54, 1.807) is 29.4 Å². The third kappa shape index (κ3) is 4.62. The molecule has 0 saturated heterocycles. The first-order chi connectivity index (χ1) is 8.47. The van der Waals surface area contributed by atoms with Crippen molar-refractivity contribution < 1.29 is 13.2 Å². The lowest BCUT2D eigenvalue weighted by atomic mass is 10.1. The molecule has 1 aromatic heterocycles. The van der Waals surface area contributed by atoms with Crippen LogP contribution in [0.4, 0.5) is 13.2 Å². The fourth-order valence-electron chi connectivity index (χ4n) is 1.68. The fraction of sp³-hybridized carbons (Fsp3) is 0.583. The number of nitrogens with zero attached hydrogens (tertiary/aromatic N) is 2. The number of nitrogens with two attached hydrogens (primary N) is 1. The summed E-state index contributed by atoms with van der Waals surface area (Å²) in [5.74, 6) is -1.47. The van der Waals surface area contributed by atoms with Gasteiger partial charge in [-0.3, -0.25) is 9.88 Å². The molecule has 0 amide bonds. The fourth-order valence-corrected chi connectivity index (χ4v) is 1.68. The summed E-state index contributed by atoms with van der Waals surface area (Å²) in [5.41, 5.74) is 6.15. The highest BCUT2D eigenvalue weighted by Crippen LogP contribution is 2.26. The smallest absolute Gasteiger partial charge is 0.330 e. The zero-order chi connectivity index (χ0) is 13.6. The summed E-state index contributed by atoms with van der Waals surface area (Å²) in [5, 5.41) is 0. The number of hydrogen-bond donors (Lipinski definition) is 1. The number of rotatable bonds is 6. The molecule has 0 aliphatic rings. The Morgan fingerprint density at radius 2 is 1.94 bits per heavy atom. The minimum absolute atomic E-state index is 0.0706. The van der Waals surface area contributed by atoms with Gasteiger partial charge in [0.15, 0.2) is 0 Å². The van der Waals surface area contributed by atoms with Crippen molar-refractivity contribution in [1.29, 1.82) is 0 Å². The van der Waals surface area contributed by atoms with E-state index in [0.29, 0.717) is 13.1 Å².